The summed E-state index contributed by atoms with van der Waals surface area (Å²) in [6.07, 6.45) is 1.52. The number of nitrogens with one attached hydrogen (secondary N) is 2. The molecular weight excluding hydrogens is 400 g/mol. The van der Waals surface area contributed by atoms with Gasteiger partial charge in [0.25, 0.3) is 0 Å². The Kier molecular flexibility index (Phi) is 7.64. The van der Waals surface area contributed by atoms with Crippen LogP contribution in [-0.2, 0) is 29.3 Å². The molecular formula is C22H24N4O3S. The van der Waals surface area contributed by atoms with Gasteiger partial charge in [0.05, 0.1) is 24.3 Å². The van der Waals surface area contributed by atoms with Crippen LogP contribution in [0, 0.1) is 6.92 Å². The highest BCUT2D eigenvalue weighted by atomic mass is 32.2. The molecule has 0 spiro atoms. The number of aliphatic hydroxyl groups excluding tert-OH is 1. The number of carbonyl (C=O) groups is 2. The Balaban J connectivity index is 1.56. The highest BCUT2D eigenvalue weighted by molar-refractivity contribution is 7.99. The fourth-order valence-corrected chi connectivity index (χ4v) is 3.55. The SMILES string of the molecule is Cc1ccc(CNC(=O)Cn2c(CO)cnc2SCC(=O)Nc2ccccc2)cc1. The van der Waals surface area contributed by atoms with E-state index in [0.29, 0.717) is 17.4 Å². The van der Waals surface area contributed by atoms with Gasteiger partial charge < -0.3 is 20.3 Å². The number of anilines is 1. The molecule has 3 N–H and O–H groups in total. The molecule has 0 bridgehead atoms. The van der Waals surface area contributed by atoms with Crippen molar-refractivity contribution in [3.05, 3.63) is 77.6 Å². The summed E-state index contributed by atoms with van der Waals surface area (Å²) >= 11 is 1.22. The number of nitrogens with zero attached hydrogens (tertiary/aromatic N) is 2. The zero-order chi connectivity index (χ0) is 21.3. The number of amides is 2. The summed E-state index contributed by atoms with van der Waals surface area (Å²) in [5.74, 6) is -0.226. The van der Waals surface area contributed by atoms with Gasteiger partial charge in [-0.3, -0.25) is 9.59 Å². The van der Waals surface area contributed by atoms with E-state index in [9.17, 15) is 14.7 Å². The van der Waals surface area contributed by atoms with Crippen LogP contribution in [0.5, 0.6) is 0 Å². The molecule has 8 heteroatoms. The number of hydrogen-bond donors (Lipinski definition) is 3. The number of imidazole rings is 1. The molecule has 2 amide bonds. The first-order chi connectivity index (χ1) is 14.5. The number of aliphatic hydroxyl groups is 1. The molecule has 3 aromatic rings. The van der Waals surface area contributed by atoms with Crippen molar-refractivity contribution in [2.45, 2.75) is 31.8 Å². The number of carbonyl (C=O) groups excluding carboxylic acids is 2. The molecule has 0 radical (unpaired) electrons. The number of rotatable bonds is 9. The number of para-hydroxylation sites is 1. The van der Waals surface area contributed by atoms with E-state index < -0.39 is 0 Å². The number of benzene rings is 2. The normalized spacial score (nSPS) is 10.6. The lowest BCUT2D eigenvalue weighted by Crippen LogP contribution is -2.28. The van der Waals surface area contributed by atoms with Crippen molar-refractivity contribution >= 4 is 29.3 Å². The molecule has 30 heavy (non-hydrogen) atoms. The third-order valence-corrected chi connectivity index (χ3v) is 5.36. The fourth-order valence-electron chi connectivity index (χ4n) is 2.76. The molecule has 0 saturated carbocycles. The quantitative estimate of drug-likeness (QED) is 0.459. The second-order valence-corrected chi connectivity index (χ2v) is 7.68. The molecule has 3 rings (SSSR count). The average molecular weight is 425 g/mol. The van der Waals surface area contributed by atoms with Crippen LogP contribution >= 0.6 is 11.8 Å². The van der Waals surface area contributed by atoms with Crippen molar-refractivity contribution in [3.8, 4) is 0 Å². The fraction of sp³-hybridized carbons (Fsp3) is 0.227. The third kappa shape index (κ3) is 6.20. The minimum atomic E-state index is -0.241. The first-order valence-electron chi connectivity index (χ1n) is 9.50. The summed E-state index contributed by atoms with van der Waals surface area (Å²) in [4.78, 5) is 28.9. The van der Waals surface area contributed by atoms with E-state index in [1.807, 2.05) is 61.5 Å². The topological polar surface area (TPSA) is 96.2 Å². The first-order valence-corrected chi connectivity index (χ1v) is 10.5. The maximum Gasteiger partial charge on any atom is 0.240 e. The summed E-state index contributed by atoms with van der Waals surface area (Å²) < 4.78 is 1.63. The second kappa shape index (κ2) is 10.6. The van der Waals surface area contributed by atoms with Gasteiger partial charge in [-0.05, 0) is 24.6 Å². The van der Waals surface area contributed by atoms with Gasteiger partial charge in [-0.25, -0.2) is 4.98 Å². The molecule has 1 aromatic heterocycles. The molecule has 0 aliphatic carbocycles. The number of aryl methyl sites for hydroxylation is 1. The van der Waals surface area contributed by atoms with Crippen molar-refractivity contribution < 1.29 is 14.7 Å². The van der Waals surface area contributed by atoms with Gasteiger partial charge in [-0.1, -0.05) is 59.8 Å². The highest BCUT2D eigenvalue weighted by Gasteiger charge is 2.15. The lowest BCUT2D eigenvalue weighted by molar-refractivity contribution is -0.122. The van der Waals surface area contributed by atoms with Gasteiger partial charge in [-0.15, -0.1) is 0 Å². The van der Waals surface area contributed by atoms with Crippen molar-refractivity contribution in [1.29, 1.82) is 0 Å². The van der Waals surface area contributed by atoms with Gasteiger partial charge in [0.15, 0.2) is 5.16 Å². The molecule has 0 atom stereocenters. The lowest BCUT2D eigenvalue weighted by Gasteiger charge is -2.11. The van der Waals surface area contributed by atoms with E-state index >= 15 is 0 Å². The Bertz CT molecular complexity index is 987. The van der Waals surface area contributed by atoms with Crippen molar-refractivity contribution in [2.75, 3.05) is 11.1 Å². The van der Waals surface area contributed by atoms with Crippen LogP contribution in [0.3, 0.4) is 0 Å². The largest absolute Gasteiger partial charge is 0.390 e. The Hall–Kier alpha value is -3.10. The van der Waals surface area contributed by atoms with Gasteiger partial charge in [0, 0.05) is 12.2 Å². The summed E-state index contributed by atoms with van der Waals surface area (Å²) in [6, 6.07) is 17.1. The maximum atomic E-state index is 12.4. The summed E-state index contributed by atoms with van der Waals surface area (Å²) in [6.45, 7) is 2.21. The molecule has 0 aliphatic rings. The number of aromatic nitrogens is 2. The Morgan fingerprint density at radius 3 is 2.50 bits per heavy atom. The van der Waals surface area contributed by atoms with E-state index in [4.69, 9.17) is 0 Å². The molecule has 156 valence electrons. The zero-order valence-electron chi connectivity index (χ0n) is 16.7. The van der Waals surface area contributed by atoms with E-state index in [1.54, 1.807) is 4.57 Å². The number of hydrogen-bond acceptors (Lipinski definition) is 5. The highest BCUT2D eigenvalue weighted by Crippen LogP contribution is 2.19. The van der Waals surface area contributed by atoms with Crippen LogP contribution < -0.4 is 10.6 Å². The van der Waals surface area contributed by atoms with Crippen LogP contribution in [0.4, 0.5) is 5.69 Å². The van der Waals surface area contributed by atoms with Gasteiger partial charge in [0.2, 0.25) is 11.8 Å². The van der Waals surface area contributed by atoms with Gasteiger partial charge >= 0.3 is 0 Å². The van der Waals surface area contributed by atoms with Crippen LogP contribution in [0.2, 0.25) is 0 Å². The van der Waals surface area contributed by atoms with Crippen LogP contribution in [0.15, 0.2) is 66.0 Å². The van der Waals surface area contributed by atoms with E-state index in [2.05, 4.69) is 15.6 Å². The molecule has 1 heterocycles. The Morgan fingerprint density at radius 2 is 1.80 bits per heavy atom. The molecule has 2 aromatic carbocycles. The Morgan fingerprint density at radius 1 is 1.07 bits per heavy atom. The molecule has 7 nitrogen and oxygen atoms in total. The summed E-state index contributed by atoms with van der Waals surface area (Å²) in [5.41, 5.74) is 3.41. The van der Waals surface area contributed by atoms with E-state index in [1.165, 1.54) is 18.0 Å². The first kappa shape index (κ1) is 21.6. The van der Waals surface area contributed by atoms with Crippen molar-refractivity contribution in [3.63, 3.8) is 0 Å². The zero-order valence-corrected chi connectivity index (χ0v) is 17.5. The van der Waals surface area contributed by atoms with Gasteiger partial charge in [-0.2, -0.15) is 0 Å². The van der Waals surface area contributed by atoms with Crippen LogP contribution in [0.25, 0.3) is 0 Å². The predicted molar refractivity (Wildman–Crippen MR) is 117 cm³/mol. The standard InChI is InChI=1S/C22H24N4O3S/c1-16-7-9-17(10-8-16)11-23-20(28)13-26-19(14-27)12-24-22(26)30-15-21(29)25-18-5-3-2-4-6-18/h2-10,12,27H,11,13-15H2,1H3,(H,23,28)(H,25,29). The maximum absolute atomic E-state index is 12.4. The van der Waals surface area contributed by atoms with Crippen molar-refractivity contribution in [2.24, 2.45) is 0 Å². The minimum Gasteiger partial charge on any atom is -0.390 e. The lowest BCUT2D eigenvalue weighted by atomic mass is 10.1. The smallest absolute Gasteiger partial charge is 0.240 e. The molecule has 0 aliphatic heterocycles. The van der Waals surface area contributed by atoms with Crippen molar-refractivity contribution in [1.82, 2.24) is 14.9 Å². The number of thioether (sulfide) groups is 1. The van der Waals surface area contributed by atoms with E-state index in [-0.39, 0.29) is 30.7 Å². The summed E-state index contributed by atoms with van der Waals surface area (Å²) in [5, 5.41) is 15.8. The average Bonchev–Trinajstić information content (AvgIpc) is 3.14. The Labute approximate surface area is 179 Å². The molecule has 0 fully saturated rings. The molecule has 0 unspecified atom stereocenters. The molecule has 0 saturated heterocycles. The monoisotopic (exact) mass is 424 g/mol. The summed E-state index contributed by atoms with van der Waals surface area (Å²) in [7, 11) is 0. The minimum absolute atomic E-state index is 0.0182. The van der Waals surface area contributed by atoms with Crippen LogP contribution in [0.1, 0.15) is 16.8 Å². The predicted octanol–water partition coefficient (Wildman–Crippen LogP) is 2.73. The van der Waals surface area contributed by atoms with Crippen LogP contribution in [-0.4, -0.2) is 32.2 Å². The second-order valence-electron chi connectivity index (χ2n) is 6.74. The van der Waals surface area contributed by atoms with E-state index in [0.717, 1.165) is 16.8 Å². The third-order valence-electron chi connectivity index (χ3n) is 4.37. The van der Waals surface area contributed by atoms with Gasteiger partial charge in [0.1, 0.15) is 6.54 Å².